The van der Waals surface area contributed by atoms with Crippen molar-refractivity contribution in [3.63, 3.8) is 0 Å². The van der Waals surface area contributed by atoms with E-state index in [1.807, 2.05) is 0 Å². The van der Waals surface area contributed by atoms with Crippen molar-refractivity contribution in [1.29, 1.82) is 0 Å². The Labute approximate surface area is 134 Å². The number of ether oxygens (including phenoxy) is 1. The van der Waals surface area contributed by atoms with Crippen LogP contribution in [0.2, 0.25) is 0 Å². The van der Waals surface area contributed by atoms with Gasteiger partial charge in [0.05, 0.1) is 16.7 Å². The Morgan fingerprint density at radius 1 is 1.25 bits per heavy atom. The van der Waals surface area contributed by atoms with Crippen molar-refractivity contribution in [2.45, 2.75) is 44.0 Å². The quantitative estimate of drug-likeness (QED) is 0.431. The largest absolute Gasteiger partial charge is 0.388 e. The number of anilines is 1. The molecule has 1 aromatic heterocycles. The molecule has 11 nitrogen and oxygen atoms in total. The number of non-ortho nitro benzene ring substituents is 1. The molecule has 1 fully saturated rings. The van der Waals surface area contributed by atoms with E-state index in [1.165, 1.54) is 12.1 Å². The molecule has 3 unspecified atom stereocenters. The highest BCUT2D eigenvalue weighted by Gasteiger charge is 2.43. The molecule has 0 radical (unpaired) electrons. The zero-order chi connectivity index (χ0) is 17.4. The molecule has 5 atom stereocenters. The number of aromatic nitrogens is 2. The standard InChI is InChI=1S/C13H16N4O7/c1-2-7-11(18)12(19)10(13(20)23-7)14-5-3-4-6(17(21)22)9-8(5)15-24-16-9/h3-4,7,10-14,18-20H,2H2,1H3/t7?,10-,11+,12?,13?/m1/s1. The second-order valence-corrected chi connectivity index (χ2v) is 5.48. The molecule has 1 saturated heterocycles. The lowest BCUT2D eigenvalue weighted by Gasteiger charge is -2.41. The Morgan fingerprint density at radius 3 is 2.62 bits per heavy atom. The first-order valence-corrected chi connectivity index (χ1v) is 7.30. The lowest BCUT2D eigenvalue weighted by Crippen LogP contribution is -2.60. The summed E-state index contributed by atoms with van der Waals surface area (Å²) in [5.41, 5.74) is -0.0528. The molecule has 24 heavy (non-hydrogen) atoms. The minimum atomic E-state index is -1.39. The Hall–Kier alpha value is -2.34. The molecule has 0 aliphatic carbocycles. The molecule has 1 aromatic carbocycles. The van der Waals surface area contributed by atoms with E-state index in [1.54, 1.807) is 6.92 Å². The maximum absolute atomic E-state index is 11.0. The van der Waals surface area contributed by atoms with Crippen molar-refractivity contribution >= 4 is 22.4 Å². The normalized spacial score (nSPS) is 30.4. The van der Waals surface area contributed by atoms with Gasteiger partial charge in [-0.05, 0) is 22.8 Å². The van der Waals surface area contributed by atoms with Crippen molar-refractivity contribution in [2.24, 2.45) is 0 Å². The Kier molecular flexibility index (Phi) is 4.32. The third kappa shape index (κ3) is 2.67. The van der Waals surface area contributed by atoms with E-state index in [-0.39, 0.29) is 22.4 Å². The fourth-order valence-corrected chi connectivity index (χ4v) is 2.74. The number of benzene rings is 1. The summed E-state index contributed by atoms with van der Waals surface area (Å²) >= 11 is 0. The molecule has 4 N–H and O–H groups in total. The number of nitrogens with zero attached hydrogens (tertiary/aromatic N) is 3. The van der Waals surface area contributed by atoms with Gasteiger partial charge in [0.15, 0.2) is 11.8 Å². The minimum Gasteiger partial charge on any atom is -0.388 e. The highest BCUT2D eigenvalue weighted by atomic mass is 16.6. The van der Waals surface area contributed by atoms with Gasteiger partial charge in [-0.2, -0.15) is 0 Å². The van der Waals surface area contributed by atoms with Crippen LogP contribution in [0, 0.1) is 10.1 Å². The smallest absolute Gasteiger partial charge is 0.300 e. The van der Waals surface area contributed by atoms with Gasteiger partial charge in [-0.25, -0.2) is 4.63 Å². The van der Waals surface area contributed by atoms with Crippen LogP contribution in [0.15, 0.2) is 16.8 Å². The second kappa shape index (κ2) is 6.28. The van der Waals surface area contributed by atoms with E-state index < -0.39 is 35.6 Å². The molecule has 2 aromatic rings. The molecule has 3 rings (SSSR count). The highest BCUT2D eigenvalue weighted by Crippen LogP contribution is 2.31. The Bertz CT molecular complexity index is 751. The molecule has 1 aliphatic rings. The maximum atomic E-state index is 11.0. The van der Waals surface area contributed by atoms with Crippen LogP contribution in [0.3, 0.4) is 0 Å². The molecule has 11 heteroatoms. The molecule has 2 heterocycles. The Balaban J connectivity index is 1.91. The average molecular weight is 340 g/mol. The zero-order valence-corrected chi connectivity index (χ0v) is 12.6. The summed E-state index contributed by atoms with van der Waals surface area (Å²) in [6, 6.07) is 1.48. The summed E-state index contributed by atoms with van der Waals surface area (Å²) in [5.74, 6) is 0. The molecule has 0 bridgehead atoms. The number of nitro groups is 1. The number of nitro benzene ring substituents is 1. The van der Waals surface area contributed by atoms with E-state index in [2.05, 4.69) is 20.3 Å². The van der Waals surface area contributed by atoms with Gasteiger partial charge in [0.25, 0.3) is 0 Å². The van der Waals surface area contributed by atoms with Gasteiger partial charge in [0, 0.05) is 6.07 Å². The topological polar surface area (TPSA) is 164 Å². The number of fused-ring (bicyclic) bond motifs is 1. The Morgan fingerprint density at radius 2 is 1.96 bits per heavy atom. The fraction of sp³-hybridized carbons (Fsp3) is 0.538. The molecule has 130 valence electrons. The van der Waals surface area contributed by atoms with E-state index in [0.717, 1.165) is 0 Å². The number of aliphatic hydroxyl groups is 3. The summed E-state index contributed by atoms with van der Waals surface area (Å²) in [7, 11) is 0. The van der Waals surface area contributed by atoms with Crippen molar-refractivity contribution in [3.8, 4) is 0 Å². The van der Waals surface area contributed by atoms with Gasteiger partial charge in [0.1, 0.15) is 18.2 Å². The number of rotatable bonds is 4. The van der Waals surface area contributed by atoms with Gasteiger partial charge in [-0.1, -0.05) is 6.92 Å². The van der Waals surface area contributed by atoms with Gasteiger partial charge in [0.2, 0.25) is 5.52 Å². The third-order valence-corrected chi connectivity index (χ3v) is 4.04. The maximum Gasteiger partial charge on any atom is 0.300 e. The fourth-order valence-electron chi connectivity index (χ4n) is 2.74. The van der Waals surface area contributed by atoms with Crippen LogP contribution in [0.1, 0.15) is 13.3 Å². The van der Waals surface area contributed by atoms with Crippen LogP contribution < -0.4 is 5.32 Å². The van der Waals surface area contributed by atoms with E-state index in [0.29, 0.717) is 6.42 Å². The SMILES string of the molecule is CCC1OC(O)[C@H](Nc2ccc([N+](=O)[O-])c3nonc23)C(O)[C@H]1O. The monoisotopic (exact) mass is 340 g/mol. The minimum absolute atomic E-state index is 0.0655. The average Bonchev–Trinajstić information content (AvgIpc) is 3.04. The van der Waals surface area contributed by atoms with E-state index in [4.69, 9.17) is 4.74 Å². The van der Waals surface area contributed by atoms with Gasteiger partial charge < -0.3 is 25.4 Å². The highest BCUT2D eigenvalue weighted by molar-refractivity contribution is 5.93. The molecule has 0 saturated carbocycles. The van der Waals surface area contributed by atoms with Gasteiger partial charge in [-0.3, -0.25) is 10.1 Å². The van der Waals surface area contributed by atoms with Gasteiger partial charge >= 0.3 is 5.69 Å². The summed E-state index contributed by atoms with van der Waals surface area (Å²) in [6.45, 7) is 1.75. The predicted molar refractivity (Wildman–Crippen MR) is 79.1 cm³/mol. The lowest BCUT2D eigenvalue weighted by atomic mass is 9.95. The van der Waals surface area contributed by atoms with Crippen LogP contribution in [-0.4, -0.2) is 61.2 Å². The van der Waals surface area contributed by atoms with Crippen LogP contribution in [0.5, 0.6) is 0 Å². The summed E-state index contributed by atoms with van der Waals surface area (Å²) in [5, 5.41) is 51.2. The van der Waals surface area contributed by atoms with Crippen LogP contribution in [0.4, 0.5) is 11.4 Å². The number of hydrogen-bond acceptors (Lipinski definition) is 10. The summed E-state index contributed by atoms with van der Waals surface area (Å²) in [6.07, 6.45) is -4.18. The molecular formula is C13H16N4O7. The van der Waals surface area contributed by atoms with E-state index >= 15 is 0 Å². The van der Waals surface area contributed by atoms with Crippen LogP contribution in [0.25, 0.3) is 11.0 Å². The van der Waals surface area contributed by atoms with Crippen molar-refractivity contribution in [1.82, 2.24) is 10.3 Å². The predicted octanol–water partition coefficient (Wildman–Crippen LogP) is -0.240. The number of hydrogen-bond donors (Lipinski definition) is 4. The number of nitrogens with one attached hydrogen (secondary N) is 1. The van der Waals surface area contributed by atoms with Crippen LogP contribution in [-0.2, 0) is 4.74 Å². The lowest BCUT2D eigenvalue weighted by molar-refractivity contribution is -0.383. The first-order chi connectivity index (χ1) is 11.4. The molecule has 0 amide bonds. The summed E-state index contributed by atoms with van der Waals surface area (Å²) < 4.78 is 9.82. The van der Waals surface area contributed by atoms with Crippen LogP contribution >= 0.6 is 0 Å². The molecule has 0 spiro atoms. The van der Waals surface area contributed by atoms with E-state index in [9.17, 15) is 25.4 Å². The van der Waals surface area contributed by atoms with Crippen molar-refractivity contribution < 1.29 is 29.6 Å². The second-order valence-electron chi connectivity index (χ2n) is 5.48. The molecule has 1 aliphatic heterocycles. The first kappa shape index (κ1) is 16.5. The third-order valence-electron chi connectivity index (χ3n) is 4.04. The first-order valence-electron chi connectivity index (χ1n) is 7.30. The van der Waals surface area contributed by atoms with Crippen molar-refractivity contribution in [2.75, 3.05) is 5.32 Å². The van der Waals surface area contributed by atoms with Crippen molar-refractivity contribution in [3.05, 3.63) is 22.2 Å². The zero-order valence-electron chi connectivity index (χ0n) is 12.6. The number of aliphatic hydroxyl groups excluding tert-OH is 3. The molecular weight excluding hydrogens is 324 g/mol. The van der Waals surface area contributed by atoms with Gasteiger partial charge in [-0.15, -0.1) is 0 Å². The summed E-state index contributed by atoms with van der Waals surface area (Å²) in [4.78, 5) is 10.3.